The number of aliphatic hydroxyl groups is 2. The lowest BCUT2D eigenvalue weighted by molar-refractivity contribution is -0.123. The van der Waals surface area contributed by atoms with E-state index in [0.29, 0.717) is 6.42 Å². The van der Waals surface area contributed by atoms with Crippen LogP contribution in [0.5, 0.6) is 0 Å². The van der Waals surface area contributed by atoms with Crippen LogP contribution in [0.2, 0.25) is 10.0 Å². The molecule has 0 aromatic heterocycles. The maximum atomic E-state index is 15.5. The highest BCUT2D eigenvalue weighted by Crippen LogP contribution is 2.50. The van der Waals surface area contributed by atoms with Crippen LogP contribution in [0.4, 0.5) is 8.78 Å². The molecule has 1 fully saturated rings. The first kappa shape index (κ1) is 29.5. The van der Waals surface area contributed by atoms with Crippen LogP contribution in [0.1, 0.15) is 43.7 Å². The first-order valence-electron chi connectivity index (χ1n) is 12.0. The van der Waals surface area contributed by atoms with E-state index in [4.69, 9.17) is 34.0 Å². The molecule has 202 valence electrons. The predicted molar refractivity (Wildman–Crippen MR) is 141 cm³/mol. The van der Waals surface area contributed by atoms with E-state index >= 15 is 8.78 Å². The van der Waals surface area contributed by atoms with Crippen molar-refractivity contribution in [1.29, 1.82) is 0 Å². The Hall–Kier alpha value is -2.07. The zero-order valence-corrected chi connectivity index (χ0v) is 22.3. The van der Waals surface area contributed by atoms with Crippen LogP contribution in [0, 0.1) is 17.0 Å². The normalized spacial score (nSPS) is 24.6. The Morgan fingerprint density at radius 1 is 1.32 bits per heavy atom. The molecule has 10 heteroatoms. The fraction of sp³-hybridized carbons (Fsp3) is 0.444. The Bertz CT molecular complexity index is 1150. The van der Waals surface area contributed by atoms with Crippen molar-refractivity contribution >= 4 is 29.1 Å². The molecule has 0 saturated carbocycles. The number of benzene rings is 2. The van der Waals surface area contributed by atoms with Gasteiger partial charge in [-0.3, -0.25) is 4.79 Å². The minimum absolute atomic E-state index is 0.0547. The van der Waals surface area contributed by atoms with Gasteiger partial charge in [0.25, 0.3) is 0 Å². The molecule has 1 aliphatic rings. The third kappa shape index (κ3) is 6.16. The highest BCUT2D eigenvalue weighted by molar-refractivity contribution is 6.31. The Labute approximate surface area is 225 Å². The average Bonchev–Trinajstić information content (AvgIpc) is 3.12. The van der Waals surface area contributed by atoms with Gasteiger partial charge in [-0.1, -0.05) is 61.3 Å². The van der Waals surface area contributed by atoms with E-state index in [1.807, 2.05) is 13.8 Å². The molecule has 6 N–H and O–H groups in total. The number of hydrogen-bond donors (Lipinski definition) is 5. The van der Waals surface area contributed by atoms with Crippen molar-refractivity contribution in [3.63, 3.8) is 0 Å². The summed E-state index contributed by atoms with van der Waals surface area (Å²) < 4.78 is 31.0. The first-order chi connectivity index (χ1) is 17.4. The van der Waals surface area contributed by atoms with E-state index in [0.717, 1.165) is 6.07 Å². The van der Waals surface area contributed by atoms with Crippen LogP contribution in [0.3, 0.4) is 0 Å². The van der Waals surface area contributed by atoms with Crippen molar-refractivity contribution in [2.45, 2.75) is 56.3 Å². The number of halogens is 4. The molecule has 37 heavy (non-hydrogen) atoms. The molecule has 1 amide bonds. The molecule has 2 aromatic carbocycles. The Balaban J connectivity index is 2.19. The lowest BCUT2D eigenvalue weighted by atomic mass is 9.68. The highest BCUT2D eigenvalue weighted by Gasteiger charge is 2.58. The standard InChI is InChI=1S/C27H33Cl2F2N3O3/c1-4-26(2,3)13-21-27(32,18-9-8-15(28)12-20(18)30)22(17-6-5-7-19(29)23(17)31)24(34-21)25(37)33-11-10-16(36)14-35/h4-9,12,16,21-22,24,34-36H,1,10-11,13-14,32H2,2-3H3,(H,33,37)/t16-,21-,22-,24+,27+/m0/s1. The lowest BCUT2D eigenvalue weighted by Crippen LogP contribution is -2.52. The van der Waals surface area contributed by atoms with Gasteiger partial charge in [-0.05, 0) is 42.0 Å². The molecule has 0 unspecified atom stereocenters. The molecular formula is C27H33Cl2F2N3O3. The van der Waals surface area contributed by atoms with Crippen molar-refractivity contribution in [2.75, 3.05) is 13.2 Å². The van der Waals surface area contributed by atoms with Gasteiger partial charge in [-0.25, -0.2) is 8.78 Å². The molecule has 1 aliphatic heterocycles. The zero-order valence-electron chi connectivity index (χ0n) is 20.8. The van der Waals surface area contributed by atoms with Gasteiger partial charge in [0.2, 0.25) is 5.91 Å². The van der Waals surface area contributed by atoms with Crippen molar-refractivity contribution in [3.05, 3.63) is 81.9 Å². The third-order valence-corrected chi connectivity index (χ3v) is 7.60. The van der Waals surface area contributed by atoms with Gasteiger partial charge in [-0.15, -0.1) is 6.58 Å². The molecular weight excluding hydrogens is 523 g/mol. The molecule has 0 bridgehead atoms. The van der Waals surface area contributed by atoms with Crippen LogP contribution in [0.25, 0.3) is 0 Å². The van der Waals surface area contributed by atoms with E-state index in [2.05, 4.69) is 17.2 Å². The SMILES string of the molecule is C=CC(C)(C)C[C@@H]1N[C@@H](C(=O)NCC[C@H](O)CO)[C@H](c2cccc(Cl)c2F)[C@@]1(N)c1ccc(Cl)cc1F. The van der Waals surface area contributed by atoms with Gasteiger partial charge in [0.1, 0.15) is 11.6 Å². The fourth-order valence-corrected chi connectivity index (χ4v) is 5.30. The maximum absolute atomic E-state index is 15.5. The number of carbonyl (C=O) groups is 1. The number of hydrogen-bond acceptors (Lipinski definition) is 5. The molecule has 0 spiro atoms. The summed E-state index contributed by atoms with van der Waals surface area (Å²) in [6, 6.07) is 6.74. The van der Waals surface area contributed by atoms with Crippen molar-refractivity contribution < 1.29 is 23.8 Å². The lowest BCUT2D eigenvalue weighted by Gasteiger charge is -2.40. The maximum Gasteiger partial charge on any atom is 0.237 e. The zero-order chi connectivity index (χ0) is 27.5. The van der Waals surface area contributed by atoms with Crippen LogP contribution < -0.4 is 16.4 Å². The largest absolute Gasteiger partial charge is 0.394 e. The van der Waals surface area contributed by atoms with Crippen LogP contribution in [-0.2, 0) is 10.3 Å². The summed E-state index contributed by atoms with van der Waals surface area (Å²) in [5, 5.41) is 24.7. The smallest absolute Gasteiger partial charge is 0.237 e. The van der Waals surface area contributed by atoms with Gasteiger partial charge < -0.3 is 26.6 Å². The molecule has 1 heterocycles. The number of amides is 1. The monoisotopic (exact) mass is 555 g/mol. The number of carbonyl (C=O) groups excluding carboxylic acids is 1. The third-order valence-electron chi connectivity index (χ3n) is 7.07. The van der Waals surface area contributed by atoms with E-state index in [1.165, 1.54) is 24.3 Å². The van der Waals surface area contributed by atoms with E-state index in [-0.39, 0.29) is 34.1 Å². The summed E-state index contributed by atoms with van der Waals surface area (Å²) in [4.78, 5) is 13.5. The summed E-state index contributed by atoms with van der Waals surface area (Å²) in [5.74, 6) is -3.03. The van der Waals surface area contributed by atoms with E-state index < -0.39 is 59.2 Å². The van der Waals surface area contributed by atoms with E-state index in [9.17, 15) is 9.90 Å². The molecule has 6 nitrogen and oxygen atoms in total. The molecule has 3 rings (SSSR count). The summed E-state index contributed by atoms with van der Waals surface area (Å²) in [6.07, 6.45) is 1.20. The summed E-state index contributed by atoms with van der Waals surface area (Å²) in [5.41, 5.74) is 5.17. The first-order valence-corrected chi connectivity index (χ1v) is 12.8. The fourth-order valence-electron chi connectivity index (χ4n) is 4.96. The second-order valence-electron chi connectivity index (χ2n) is 10.2. The number of aliphatic hydroxyl groups excluding tert-OH is 2. The Morgan fingerprint density at radius 2 is 2.03 bits per heavy atom. The second kappa shape index (κ2) is 11.8. The van der Waals surface area contributed by atoms with Gasteiger partial charge in [0.15, 0.2) is 0 Å². The van der Waals surface area contributed by atoms with Gasteiger partial charge >= 0.3 is 0 Å². The Morgan fingerprint density at radius 3 is 2.65 bits per heavy atom. The highest BCUT2D eigenvalue weighted by atomic mass is 35.5. The molecule has 0 radical (unpaired) electrons. The number of rotatable bonds is 10. The number of nitrogens with one attached hydrogen (secondary N) is 2. The van der Waals surface area contributed by atoms with Gasteiger partial charge in [-0.2, -0.15) is 0 Å². The van der Waals surface area contributed by atoms with Crippen LogP contribution >= 0.6 is 23.2 Å². The molecule has 1 saturated heterocycles. The molecule has 0 aliphatic carbocycles. The van der Waals surface area contributed by atoms with Crippen LogP contribution in [0.15, 0.2) is 49.1 Å². The Kier molecular flexibility index (Phi) is 9.37. The van der Waals surface area contributed by atoms with Crippen molar-refractivity contribution in [1.82, 2.24) is 10.6 Å². The number of nitrogens with two attached hydrogens (primary N) is 1. The van der Waals surface area contributed by atoms with Gasteiger partial charge in [0, 0.05) is 29.1 Å². The molecule has 5 atom stereocenters. The topological polar surface area (TPSA) is 108 Å². The molecule has 2 aromatic rings. The van der Waals surface area contributed by atoms with Crippen LogP contribution in [-0.4, -0.2) is 47.5 Å². The van der Waals surface area contributed by atoms with Gasteiger partial charge in [0.05, 0.1) is 29.3 Å². The quantitative estimate of drug-likeness (QED) is 0.285. The van der Waals surface area contributed by atoms with Crippen molar-refractivity contribution in [2.24, 2.45) is 11.1 Å². The van der Waals surface area contributed by atoms with E-state index in [1.54, 1.807) is 12.1 Å². The van der Waals surface area contributed by atoms with Crippen molar-refractivity contribution in [3.8, 4) is 0 Å². The average molecular weight is 556 g/mol. The summed E-state index contributed by atoms with van der Waals surface area (Å²) >= 11 is 12.1. The predicted octanol–water partition coefficient (Wildman–Crippen LogP) is 4.01. The number of allylic oxidation sites excluding steroid dienone is 1. The summed E-state index contributed by atoms with van der Waals surface area (Å²) in [6.45, 7) is 7.35. The minimum atomic E-state index is -1.60. The second-order valence-corrected chi connectivity index (χ2v) is 11.0. The minimum Gasteiger partial charge on any atom is -0.394 e. The summed E-state index contributed by atoms with van der Waals surface area (Å²) in [7, 11) is 0.